The van der Waals surface area contributed by atoms with Gasteiger partial charge in [-0.1, -0.05) is 26.2 Å². The van der Waals surface area contributed by atoms with Crippen LogP contribution in [0.25, 0.3) is 0 Å². The van der Waals surface area contributed by atoms with Crippen LogP contribution in [0, 0.1) is 0 Å². The van der Waals surface area contributed by atoms with Gasteiger partial charge in [-0.05, 0) is 27.2 Å². The third-order valence-electron chi connectivity index (χ3n) is 1.99. The van der Waals surface area contributed by atoms with E-state index in [1.54, 1.807) is 20.8 Å². The summed E-state index contributed by atoms with van der Waals surface area (Å²) in [6, 6.07) is -0.429. The highest BCUT2D eigenvalue weighted by Gasteiger charge is 2.18. The molecule has 0 aromatic rings. The summed E-state index contributed by atoms with van der Waals surface area (Å²) >= 11 is 0. The smallest absolute Gasteiger partial charge is 0.408 e. The first-order valence-corrected chi connectivity index (χ1v) is 5.84. The second-order valence-corrected chi connectivity index (χ2v) is 4.88. The normalized spacial score (nSPS) is 13.0. The highest BCUT2D eigenvalue weighted by Crippen LogP contribution is 2.08. The largest absolute Gasteiger partial charge is 0.444 e. The second kappa shape index (κ2) is 7.25. The summed E-state index contributed by atoms with van der Waals surface area (Å²) in [5.74, 6) is 0. The van der Waals surface area contributed by atoms with Gasteiger partial charge < -0.3 is 14.8 Å². The van der Waals surface area contributed by atoms with E-state index < -0.39 is 17.7 Å². The van der Waals surface area contributed by atoms with Crippen LogP contribution >= 0.6 is 0 Å². The molecule has 0 aromatic carbocycles. The van der Waals surface area contributed by atoms with E-state index in [1.807, 2.05) is 0 Å². The fourth-order valence-electron chi connectivity index (χ4n) is 1.25. The van der Waals surface area contributed by atoms with Crippen molar-refractivity contribution < 1.29 is 14.3 Å². The molecule has 4 heteroatoms. The Morgan fingerprint density at radius 2 is 2.00 bits per heavy atom. The van der Waals surface area contributed by atoms with Gasteiger partial charge in [-0.3, -0.25) is 0 Å². The Morgan fingerprint density at radius 1 is 1.38 bits per heavy atom. The highest BCUT2D eigenvalue weighted by atomic mass is 16.6. The first kappa shape index (κ1) is 14.9. The monoisotopic (exact) mass is 229 g/mol. The third-order valence-corrected chi connectivity index (χ3v) is 1.99. The van der Waals surface area contributed by atoms with Crippen molar-refractivity contribution in [2.24, 2.45) is 0 Å². The molecule has 0 radical (unpaired) electrons. The van der Waals surface area contributed by atoms with Gasteiger partial charge in [0, 0.05) is 0 Å². The maximum atomic E-state index is 11.4. The molecule has 0 saturated heterocycles. The SMILES string of the molecule is CCCCCC(C=O)NC(=O)OC(C)(C)C. The predicted octanol–water partition coefficient (Wildman–Crippen LogP) is 2.66. The maximum Gasteiger partial charge on any atom is 0.408 e. The minimum Gasteiger partial charge on any atom is -0.444 e. The van der Waals surface area contributed by atoms with E-state index in [1.165, 1.54) is 0 Å². The summed E-state index contributed by atoms with van der Waals surface area (Å²) in [7, 11) is 0. The summed E-state index contributed by atoms with van der Waals surface area (Å²) in [5.41, 5.74) is -0.527. The molecule has 1 atom stereocenters. The number of carbonyl (C=O) groups is 2. The fraction of sp³-hybridized carbons (Fsp3) is 0.833. The van der Waals surface area contributed by atoms with Gasteiger partial charge in [0.05, 0.1) is 6.04 Å². The molecule has 0 bridgehead atoms. The number of amides is 1. The number of hydrogen-bond acceptors (Lipinski definition) is 3. The topological polar surface area (TPSA) is 55.4 Å². The van der Waals surface area contributed by atoms with E-state index in [0.29, 0.717) is 6.42 Å². The first-order chi connectivity index (χ1) is 7.39. The Hall–Kier alpha value is -1.06. The van der Waals surface area contributed by atoms with Crippen LogP contribution < -0.4 is 5.32 Å². The van der Waals surface area contributed by atoms with Gasteiger partial charge in [0.1, 0.15) is 11.9 Å². The zero-order chi connectivity index (χ0) is 12.6. The van der Waals surface area contributed by atoms with Crippen molar-refractivity contribution in [1.29, 1.82) is 0 Å². The quantitative estimate of drug-likeness (QED) is 0.562. The zero-order valence-corrected chi connectivity index (χ0v) is 10.7. The van der Waals surface area contributed by atoms with E-state index >= 15 is 0 Å². The van der Waals surface area contributed by atoms with Crippen LogP contribution in [-0.4, -0.2) is 24.0 Å². The molecule has 0 spiro atoms. The molecular weight excluding hydrogens is 206 g/mol. The molecule has 0 aliphatic carbocycles. The average molecular weight is 229 g/mol. The van der Waals surface area contributed by atoms with E-state index in [4.69, 9.17) is 4.74 Å². The molecule has 0 aromatic heterocycles. The van der Waals surface area contributed by atoms with Crippen molar-refractivity contribution in [2.45, 2.75) is 65.0 Å². The van der Waals surface area contributed by atoms with E-state index in [-0.39, 0.29) is 0 Å². The lowest BCUT2D eigenvalue weighted by Gasteiger charge is -2.21. The molecule has 94 valence electrons. The molecular formula is C12H23NO3. The van der Waals surface area contributed by atoms with E-state index in [9.17, 15) is 9.59 Å². The van der Waals surface area contributed by atoms with Crippen LogP contribution in [0.15, 0.2) is 0 Å². The number of hydrogen-bond donors (Lipinski definition) is 1. The standard InChI is InChI=1S/C12H23NO3/c1-5-6-7-8-10(9-14)13-11(15)16-12(2,3)4/h9-10H,5-8H2,1-4H3,(H,13,15). The van der Waals surface area contributed by atoms with Gasteiger partial charge in [0.15, 0.2) is 0 Å². The van der Waals surface area contributed by atoms with Crippen LogP contribution in [0.2, 0.25) is 0 Å². The summed E-state index contributed by atoms with van der Waals surface area (Å²) < 4.78 is 5.07. The van der Waals surface area contributed by atoms with Crippen molar-refractivity contribution in [2.75, 3.05) is 0 Å². The van der Waals surface area contributed by atoms with Gasteiger partial charge in [-0.15, -0.1) is 0 Å². The third kappa shape index (κ3) is 8.26. The number of nitrogens with one attached hydrogen (secondary N) is 1. The van der Waals surface area contributed by atoms with Crippen LogP contribution in [-0.2, 0) is 9.53 Å². The summed E-state index contributed by atoms with van der Waals surface area (Å²) in [6.07, 6.45) is 4.02. The number of ether oxygens (including phenoxy) is 1. The molecule has 16 heavy (non-hydrogen) atoms. The molecule has 1 unspecified atom stereocenters. The molecule has 0 aliphatic heterocycles. The lowest BCUT2D eigenvalue weighted by atomic mass is 10.1. The Bertz CT molecular complexity index is 221. The van der Waals surface area contributed by atoms with Gasteiger partial charge in [0.25, 0.3) is 0 Å². The molecule has 0 heterocycles. The van der Waals surface area contributed by atoms with Crippen molar-refractivity contribution >= 4 is 12.4 Å². The molecule has 1 amide bonds. The van der Waals surface area contributed by atoms with Crippen LogP contribution in [0.3, 0.4) is 0 Å². The number of unbranched alkanes of at least 4 members (excludes halogenated alkanes) is 2. The van der Waals surface area contributed by atoms with Crippen molar-refractivity contribution in [3.8, 4) is 0 Å². The Labute approximate surface area is 97.7 Å². The minimum atomic E-state index is -0.527. The van der Waals surface area contributed by atoms with Crippen molar-refractivity contribution in [3.05, 3.63) is 0 Å². The molecule has 4 nitrogen and oxygen atoms in total. The number of aldehydes is 1. The molecule has 0 aliphatic rings. The van der Waals surface area contributed by atoms with Gasteiger partial charge in [-0.25, -0.2) is 4.79 Å². The number of alkyl carbamates (subject to hydrolysis) is 1. The van der Waals surface area contributed by atoms with E-state index in [2.05, 4.69) is 12.2 Å². The lowest BCUT2D eigenvalue weighted by molar-refractivity contribution is -0.109. The maximum absolute atomic E-state index is 11.4. The molecule has 0 saturated carbocycles. The average Bonchev–Trinajstić information content (AvgIpc) is 2.13. The summed E-state index contributed by atoms with van der Waals surface area (Å²) in [5, 5.41) is 2.55. The van der Waals surface area contributed by atoms with Crippen LogP contribution in [0.5, 0.6) is 0 Å². The van der Waals surface area contributed by atoms with Gasteiger partial charge in [0.2, 0.25) is 0 Å². The second-order valence-electron chi connectivity index (χ2n) is 4.88. The Kier molecular flexibility index (Phi) is 6.77. The van der Waals surface area contributed by atoms with Crippen LogP contribution in [0.4, 0.5) is 4.79 Å². The Morgan fingerprint density at radius 3 is 2.44 bits per heavy atom. The number of carbonyl (C=O) groups excluding carboxylic acids is 2. The van der Waals surface area contributed by atoms with Crippen molar-refractivity contribution in [3.63, 3.8) is 0 Å². The van der Waals surface area contributed by atoms with E-state index in [0.717, 1.165) is 25.5 Å². The van der Waals surface area contributed by atoms with Gasteiger partial charge in [-0.2, -0.15) is 0 Å². The van der Waals surface area contributed by atoms with Gasteiger partial charge >= 0.3 is 6.09 Å². The first-order valence-electron chi connectivity index (χ1n) is 5.84. The zero-order valence-electron chi connectivity index (χ0n) is 10.7. The van der Waals surface area contributed by atoms with Crippen molar-refractivity contribution in [1.82, 2.24) is 5.32 Å². The summed E-state index contributed by atoms with van der Waals surface area (Å²) in [4.78, 5) is 22.1. The minimum absolute atomic E-state index is 0.429. The molecule has 0 rings (SSSR count). The molecule has 1 N–H and O–H groups in total. The predicted molar refractivity (Wildman–Crippen MR) is 63.4 cm³/mol. The van der Waals surface area contributed by atoms with Crippen LogP contribution in [0.1, 0.15) is 53.4 Å². The lowest BCUT2D eigenvalue weighted by Crippen LogP contribution is -2.39. The number of rotatable bonds is 6. The highest BCUT2D eigenvalue weighted by molar-refractivity contribution is 5.73. The Balaban J connectivity index is 3.92. The fourth-order valence-corrected chi connectivity index (χ4v) is 1.25. The molecule has 0 fully saturated rings. The summed E-state index contributed by atoms with van der Waals surface area (Å²) in [6.45, 7) is 7.47.